The van der Waals surface area contributed by atoms with Gasteiger partial charge in [0, 0.05) is 16.9 Å². The van der Waals surface area contributed by atoms with Crippen LogP contribution in [0.1, 0.15) is 25.7 Å². The number of aliphatic carboxylic acids is 1. The Labute approximate surface area is 225 Å². The minimum Gasteiger partial charge on any atom is -0.481 e. The van der Waals surface area contributed by atoms with Crippen molar-refractivity contribution in [3.8, 4) is 22.0 Å². The summed E-state index contributed by atoms with van der Waals surface area (Å²) in [5.74, 6) is -1.58. The van der Waals surface area contributed by atoms with Crippen LogP contribution in [0, 0.1) is 23.6 Å². The molecule has 3 aliphatic rings. The molecule has 5 aromatic rings. The molecule has 3 saturated carbocycles. The molecule has 0 saturated heterocycles. The molecule has 4 aromatic heterocycles. The summed E-state index contributed by atoms with van der Waals surface area (Å²) in [6, 6.07) is 9.33. The van der Waals surface area contributed by atoms with Gasteiger partial charge in [0.2, 0.25) is 0 Å². The van der Waals surface area contributed by atoms with Crippen LogP contribution in [-0.2, 0) is 4.79 Å². The second-order valence-corrected chi connectivity index (χ2v) is 11.5. The van der Waals surface area contributed by atoms with Crippen LogP contribution in [0.5, 0.6) is 0 Å². The zero-order valence-corrected chi connectivity index (χ0v) is 21.6. The summed E-state index contributed by atoms with van der Waals surface area (Å²) in [4.78, 5) is 33.9. The number of nitrogens with one attached hydrogen (secondary N) is 2. The Hall–Kier alpha value is -3.63. The lowest BCUT2D eigenvalue weighted by atomic mass is 9.61. The zero-order valence-electron chi connectivity index (χ0n) is 20.0. The number of fused-ring (bicyclic) bond motifs is 5. The molecule has 2 bridgehead atoms. The SMILES string of the molecule is O=C(O)[C@@H]1C2CCC(CC2)[C@H]1Nc1nc(-c2c[nH]c3ncc(Cl)nc23)nc(-c2cc3ccccc3s2)c1F. The highest BCUT2D eigenvalue weighted by Gasteiger charge is 2.47. The lowest BCUT2D eigenvalue weighted by Crippen LogP contribution is -2.51. The van der Waals surface area contributed by atoms with Crippen LogP contribution in [-0.4, -0.2) is 42.0 Å². The van der Waals surface area contributed by atoms with Crippen molar-refractivity contribution in [2.75, 3.05) is 5.32 Å². The zero-order chi connectivity index (χ0) is 26.0. The van der Waals surface area contributed by atoms with Crippen molar-refractivity contribution < 1.29 is 14.3 Å². The first-order chi connectivity index (χ1) is 18.5. The quantitative estimate of drug-likeness (QED) is 0.233. The van der Waals surface area contributed by atoms with E-state index in [1.807, 2.05) is 30.3 Å². The number of rotatable bonds is 5. The Morgan fingerprint density at radius 1 is 1.13 bits per heavy atom. The van der Waals surface area contributed by atoms with E-state index in [-0.39, 0.29) is 34.3 Å². The molecule has 8 rings (SSSR count). The van der Waals surface area contributed by atoms with Gasteiger partial charge >= 0.3 is 5.97 Å². The van der Waals surface area contributed by atoms with E-state index in [9.17, 15) is 9.90 Å². The molecule has 0 spiro atoms. The van der Waals surface area contributed by atoms with Crippen LogP contribution in [0.25, 0.3) is 43.2 Å². The molecule has 38 heavy (non-hydrogen) atoms. The number of nitrogens with zero attached hydrogens (tertiary/aromatic N) is 4. The number of aromatic amines is 1. The lowest BCUT2D eigenvalue weighted by molar-refractivity contribution is -0.148. The first kappa shape index (κ1) is 23.5. The lowest BCUT2D eigenvalue weighted by Gasteiger charge is -2.47. The highest BCUT2D eigenvalue weighted by molar-refractivity contribution is 7.22. The number of hydrogen-bond acceptors (Lipinski definition) is 7. The van der Waals surface area contributed by atoms with E-state index in [4.69, 9.17) is 11.6 Å². The molecule has 11 heteroatoms. The Kier molecular flexibility index (Phi) is 5.55. The van der Waals surface area contributed by atoms with Crippen LogP contribution in [0.2, 0.25) is 5.15 Å². The minimum atomic E-state index is -0.849. The van der Waals surface area contributed by atoms with Gasteiger partial charge in [-0.1, -0.05) is 29.8 Å². The number of thiophene rings is 1. The van der Waals surface area contributed by atoms with Gasteiger partial charge in [-0.2, -0.15) is 0 Å². The smallest absolute Gasteiger partial charge is 0.308 e. The van der Waals surface area contributed by atoms with E-state index in [0.29, 0.717) is 21.6 Å². The van der Waals surface area contributed by atoms with Gasteiger partial charge in [-0.25, -0.2) is 24.3 Å². The van der Waals surface area contributed by atoms with Crippen LogP contribution in [0.3, 0.4) is 0 Å². The van der Waals surface area contributed by atoms with Crippen molar-refractivity contribution in [2.45, 2.75) is 31.7 Å². The second-order valence-electron chi connectivity index (χ2n) is 10.0. The maximum atomic E-state index is 16.2. The van der Waals surface area contributed by atoms with E-state index in [1.165, 1.54) is 17.5 Å². The van der Waals surface area contributed by atoms with Crippen molar-refractivity contribution in [3.63, 3.8) is 0 Å². The molecule has 3 fully saturated rings. The monoisotopic (exact) mass is 548 g/mol. The molecule has 4 heterocycles. The van der Waals surface area contributed by atoms with Crippen molar-refractivity contribution in [3.05, 3.63) is 53.7 Å². The van der Waals surface area contributed by atoms with Crippen LogP contribution >= 0.6 is 22.9 Å². The average molecular weight is 549 g/mol. The molecule has 192 valence electrons. The second kappa shape index (κ2) is 8.99. The van der Waals surface area contributed by atoms with Crippen LogP contribution < -0.4 is 5.32 Å². The number of carboxylic acids is 1. The number of hydrogen-bond donors (Lipinski definition) is 3. The van der Waals surface area contributed by atoms with Gasteiger partial charge in [-0.3, -0.25) is 4.79 Å². The molecule has 3 aliphatic carbocycles. The Morgan fingerprint density at radius 3 is 2.71 bits per heavy atom. The van der Waals surface area contributed by atoms with Crippen molar-refractivity contribution in [1.82, 2.24) is 24.9 Å². The third-order valence-corrected chi connectivity index (χ3v) is 9.22. The summed E-state index contributed by atoms with van der Waals surface area (Å²) < 4.78 is 17.2. The topological polar surface area (TPSA) is 117 Å². The molecule has 2 atom stereocenters. The van der Waals surface area contributed by atoms with Crippen molar-refractivity contribution in [2.24, 2.45) is 17.8 Å². The molecule has 0 radical (unpaired) electrons. The average Bonchev–Trinajstić information content (AvgIpc) is 3.54. The van der Waals surface area contributed by atoms with E-state index in [1.54, 1.807) is 6.20 Å². The van der Waals surface area contributed by atoms with Crippen molar-refractivity contribution in [1.29, 1.82) is 0 Å². The van der Waals surface area contributed by atoms with E-state index in [2.05, 4.69) is 30.2 Å². The van der Waals surface area contributed by atoms with E-state index >= 15 is 4.39 Å². The van der Waals surface area contributed by atoms with Gasteiger partial charge < -0.3 is 15.4 Å². The summed E-state index contributed by atoms with van der Waals surface area (Å²) in [7, 11) is 0. The predicted molar refractivity (Wildman–Crippen MR) is 145 cm³/mol. The van der Waals surface area contributed by atoms with Gasteiger partial charge in [0.15, 0.2) is 23.1 Å². The largest absolute Gasteiger partial charge is 0.481 e. The fourth-order valence-corrected chi connectivity index (χ4v) is 7.32. The summed E-state index contributed by atoms with van der Waals surface area (Å²) in [6.07, 6.45) is 6.74. The molecule has 3 N–H and O–H groups in total. The van der Waals surface area contributed by atoms with Crippen molar-refractivity contribution >= 4 is 56.0 Å². The predicted octanol–water partition coefficient (Wildman–Crippen LogP) is 6.39. The normalized spacial score (nSPS) is 22.8. The highest BCUT2D eigenvalue weighted by atomic mass is 35.5. The first-order valence-corrected chi connectivity index (χ1v) is 13.7. The fraction of sp³-hybridized carbons (Fsp3) is 0.296. The number of carboxylic acid groups (broad SMARTS) is 1. The summed E-state index contributed by atoms with van der Waals surface area (Å²) in [5.41, 5.74) is 1.65. The molecule has 8 nitrogen and oxygen atoms in total. The Morgan fingerprint density at radius 2 is 1.92 bits per heavy atom. The Bertz CT molecular complexity index is 1680. The number of aromatic nitrogens is 5. The number of anilines is 1. The standard InChI is InChI=1S/C27H22ClFN6O2S/c28-18-11-31-26-22(32-18)15(10-30-26)24-34-23(17-9-14-3-1-2-4-16(14)38-17)20(29)25(35-24)33-21-13-7-5-12(6-8-13)19(21)27(36)37/h1-4,9-13,19,21H,5-8H2,(H,30,31)(H,36,37)(H,33,34,35)/t12?,13?,19-,21-/m1/s1. The number of carbonyl (C=O) groups is 1. The van der Waals surface area contributed by atoms with Gasteiger partial charge in [-0.15, -0.1) is 11.3 Å². The van der Waals surface area contributed by atoms with Gasteiger partial charge in [0.25, 0.3) is 0 Å². The number of benzene rings is 1. The maximum Gasteiger partial charge on any atom is 0.308 e. The fourth-order valence-electron chi connectivity index (χ4n) is 6.14. The van der Waals surface area contributed by atoms with E-state index < -0.39 is 23.7 Å². The van der Waals surface area contributed by atoms with Gasteiger partial charge in [0.05, 0.1) is 22.6 Å². The van der Waals surface area contributed by atoms with Crippen LogP contribution in [0.4, 0.5) is 10.2 Å². The Balaban J connectivity index is 1.40. The molecule has 0 aliphatic heterocycles. The molecule has 0 amide bonds. The highest BCUT2D eigenvalue weighted by Crippen LogP contribution is 2.47. The maximum absolute atomic E-state index is 16.2. The summed E-state index contributed by atoms with van der Waals surface area (Å²) in [6.45, 7) is 0. The first-order valence-electron chi connectivity index (χ1n) is 12.5. The van der Waals surface area contributed by atoms with Gasteiger partial charge in [0.1, 0.15) is 16.4 Å². The third-order valence-electron chi connectivity index (χ3n) is 7.91. The molecular formula is C27H22ClFN6O2S. The minimum absolute atomic E-state index is 0.00408. The number of halogens is 2. The summed E-state index contributed by atoms with van der Waals surface area (Å²) >= 11 is 7.56. The van der Waals surface area contributed by atoms with E-state index in [0.717, 1.165) is 35.8 Å². The third kappa shape index (κ3) is 3.82. The number of H-pyrrole nitrogens is 1. The molecule has 1 aromatic carbocycles. The summed E-state index contributed by atoms with van der Waals surface area (Å²) in [5, 5.41) is 14.5. The van der Waals surface area contributed by atoms with Crippen LogP contribution in [0.15, 0.2) is 42.7 Å². The molecule has 0 unspecified atom stereocenters. The molecular weight excluding hydrogens is 527 g/mol. The van der Waals surface area contributed by atoms with Gasteiger partial charge in [-0.05, 0) is 55.0 Å².